The Kier molecular flexibility index (Phi) is 4.66. The molecule has 1 unspecified atom stereocenters. The molecule has 6 heteroatoms. The molecule has 0 saturated heterocycles. The van der Waals surface area contributed by atoms with Gasteiger partial charge in [0.25, 0.3) is 0 Å². The largest absolute Gasteiger partial charge is 0.497 e. The Bertz CT molecular complexity index is 773. The first kappa shape index (κ1) is 16.0. The van der Waals surface area contributed by atoms with Gasteiger partial charge in [0.2, 0.25) is 10.0 Å². The van der Waals surface area contributed by atoms with Crippen molar-refractivity contribution < 1.29 is 13.2 Å². The molecule has 2 aromatic carbocycles. The van der Waals surface area contributed by atoms with Gasteiger partial charge < -0.3 is 10.1 Å². The van der Waals surface area contributed by atoms with Gasteiger partial charge in [-0.1, -0.05) is 36.4 Å². The van der Waals surface area contributed by atoms with Crippen LogP contribution in [0.5, 0.6) is 5.75 Å². The second kappa shape index (κ2) is 6.70. The fraction of sp³-hybridized carbons (Fsp3) is 0.294. The maximum atomic E-state index is 12.3. The van der Waals surface area contributed by atoms with E-state index in [1.807, 2.05) is 48.5 Å². The molecule has 23 heavy (non-hydrogen) atoms. The minimum atomic E-state index is -3.37. The molecule has 0 bridgehead atoms. The number of sulfonamides is 1. The molecule has 0 aromatic heterocycles. The number of fused-ring (bicyclic) bond motifs is 1. The summed E-state index contributed by atoms with van der Waals surface area (Å²) >= 11 is 0. The van der Waals surface area contributed by atoms with Crippen LogP contribution in [0.25, 0.3) is 0 Å². The molecule has 2 aromatic rings. The lowest BCUT2D eigenvalue weighted by molar-refractivity contribution is 0.414. The zero-order valence-electron chi connectivity index (χ0n) is 13.0. The van der Waals surface area contributed by atoms with Gasteiger partial charge >= 0.3 is 0 Å². The molecule has 0 fully saturated rings. The molecule has 2 N–H and O–H groups in total. The third kappa shape index (κ3) is 3.90. The first-order valence-electron chi connectivity index (χ1n) is 7.49. The second-order valence-electron chi connectivity index (χ2n) is 5.58. The first-order chi connectivity index (χ1) is 11.1. The van der Waals surface area contributed by atoms with E-state index in [2.05, 4.69) is 10.0 Å². The number of nitrogens with one attached hydrogen (secondary N) is 2. The van der Waals surface area contributed by atoms with Crippen molar-refractivity contribution in [1.29, 1.82) is 0 Å². The normalized spacial score (nSPS) is 17.0. The molecular weight excluding hydrogens is 312 g/mol. The van der Waals surface area contributed by atoms with Crippen molar-refractivity contribution in [3.8, 4) is 5.75 Å². The van der Waals surface area contributed by atoms with Gasteiger partial charge in [-0.25, -0.2) is 13.1 Å². The highest BCUT2D eigenvalue weighted by Crippen LogP contribution is 2.25. The van der Waals surface area contributed by atoms with Crippen molar-refractivity contribution >= 4 is 10.0 Å². The van der Waals surface area contributed by atoms with Crippen molar-refractivity contribution in [2.24, 2.45) is 0 Å². The summed E-state index contributed by atoms with van der Waals surface area (Å²) in [6.07, 6.45) is 0. The van der Waals surface area contributed by atoms with Crippen LogP contribution in [-0.4, -0.2) is 21.3 Å². The van der Waals surface area contributed by atoms with E-state index in [0.29, 0.717) is 0 Å². The third-order valence-corrected chi connectivity index (χ3v) is 5.37. The Hall–Kier alpha value is -1.89. The molecule has 0 spiro atoms. The molecule has 1 aliphatic heterocycles. The Morgan fingerprint density at radius 1 is 1.17 bits per heavy atom. The van der Waals surface area contributed by atoms with E-state index in [4.69, 9.17) is 4.74 Å². The van der Waals surface area contributed by atoms with Crippen molar-refractivity contribution in [3.63, 3.8) is 0 Å². The molecule has 1 heterocycles. The van der Waals surface area contributed by atoms with Crippen molar-refractivity contribution in [1.82, 2.24) is 10.0 Å². The quantitative estimate of drug-likeness (QED) is 0.848. The maximum absolute atomic E-state index is 12.3. The van der Waals surface area contributed by atoms with Crippen molar-refractivity contribution in [3.05, 3.63) is 65.2 Å². The second-order valence-corrected chi connectivity index (χ2v) is 7.43. The lowest BCUT2D eigenvalue weighted by Gasteiger charge is -2.13. The summed E-state index contributed by atoms with van der Waals surface area (Å²) in [5.41, 5.74) is 3.14. The molecular formula is C17H20N2O3S. The minimum Gasteiger partial charge on any atom is -0.497 e. The third-order valence-electron chi connectivity index (χ3n) is 4.01. The van der Waals surface area contributed by atoms with E-state index < -0.39 is 10.0 Å². The highest BCUT2D eigenvalue weighted by Gasteiger charge is 2.26. The summed E-state index contributed by atoms with van der Waals surface area (Å²) in [5.74, 6) is 0.795. The minimum absolute atomic E-state index is 0.0418. The number of rotatable bonds is 6. The van der Waals surface area contributed by atoms with Crippen molar-refractivity contribution in [2.45, 2.75) is 19.1 Å². The fourth-order valence-electron chi connectivity index (χ4n) is 2.74. The molecule has 122 valence electrons. The lowest BCUT2D eigenvalue weighted by Crippen LogP contribution is -2.31. The predicted octanol–water partition coefficient (Wildman–Crippen LogP) is 1.96. The fourth-order valence-corrected chi connectivity index (χ4v) is 3.98. The van der Waals surface area contributed by atoms with Gasteiger partial charge in [0.1, 0.15) is 5.75 Å². The Balaban J connectivity index is 1.61. The van der Waals surface area contributed by atoms with Crippen LogP contribution in [0.15, 0.2) is 48.5 Å². The highest BCUT2D eigenvalue weighted by atomic mass is 32.2. The van der Waals surface area contributed by atoms with Gasteiger partial charge in [0, 0.05) is 19.1 Å². The lowest BCUT2D eigenvalue weighted by atomic mass is 10.1. The molecule has 0 radical (unpaired) electrons. The molecule has 0 saturated carbocycles. The Labute approximate surface area is 136 Å². The standard InChI is InChI=1S/C17H20N2O3S/c1-22-15-8-6-13(7-9-15)10-19-23(20,21)12-17-16-5-3-2-4-14(16)11-18-17/h2-9,17-19H,10-12H2,1H3. The summed E-state index contributed by atoms with van der Waals surface area (Å²) < 4.78 is 32.4. The van der Waals surface area contributed by atoms with E-state index in [0.717, 1.165) is 23.4 Å². The molecule has 3 rings (SSSR count). The number of ether oxygens (including phenoxy) is 1. The van der Waals surface area contributed by atoms with Gasteiger partial charge in [0.15, 0.2) is 0 Å². The van der Waals surface area contributed by atoms with E-state index in [-0.39, 0.29) is 18.3 Å². The number of hydrogen-bond donors (Lipinski definition) is 2. The molecule has 0 amide bonds. The summed E-state index contributed by atoms with van der Waals surface area (Å²) in [5, 5.41) is 3.26. The van der Waals surface area contributed by atoms with Crippen LogP contribution < -0.4 is 14.8 Å². The Morgan fingerprint density at radius 3 is 2.65 bits per heavy atom. The van der Waals surface area contributed by atoms with Gasteiger partial charge in [-0.15, -0.1) is 0 Å². The zero-order chi connectivity index (χ0) is 16.3. The average Bonchev–Trinajstić information content (AvgIpc) is 2.96. The van der Waals surface area contributed by atoms with Crippen LogP contribution in [0.2, 0.25) is 0 Å². The molecule has 1 atom stereocenters. The van der Waals surface area contributed by atoms with E-state index in [9.17, 15) is 8.42 Å². The average molecular weight is 332 g/mol. The van der Waals surface area contributed by atoms with Crippen LogP contribution in [-0.2, 0) is 23.1 Å². The molecule has 0 aliphatic carbocycles. The predicted molar refractivity (Wildman–Crippen MR) is 89.6 cm³/mol. The molecule has 1 aliphatic rings. The van der Waals surface area contributed by atoms with Gasteiger partial charge in [-0.3, -0.25) is 0 Å². The van der Waals surface area contributed by atoms with Crippen LogP contribution in [0, 0.1) is 0 Å². The number of methoxy groups -OCH3 is 1. The summed E-state index contributed by atoms with van der Waals surface area (Å²) in [6.45, 7) is 0.996. The monoisotopic (exact) mass is 332 g/mol. The SMILES string of the molecule is COc1ccc(CNS(=O)(=O)CC2NCc3ccccc32)cc1. The van der Waals surface area contributed by atoms with E-state index in [1.165, 1.54) is 5.56 Å². The van der Waals surface area contributed by atoms with E-state index >= 15 is 0 Å². The van der Waals surface area contributed by atoms with E-state index in [1.54, 1.807) is 7.11 Å². The van der Waals surface area contributed by atoms with Crippen LogP contribution >= 0.6 is 0 Å². The van der Waals surface area contributed by atoms with Crippen LogP contribution in [0.1, 0.15) is 22.7 Å². The summed E-state index contributed by atoms with van der Waals surface area (Å²) in [6, 6.07) is 15.1. The first-order valence-corrected chi connectivity index (χ1v) is 9.14. The topological polar surface area (TPSA) is 67.4 Å². The van der Waals surface area contributed by atoms with Gasteiger partial charge in [-0.05, 0) is 28.8 Å². The summed E-state index contributed by atoms with van der Waals surface area (Å²) in [4.78, 5) is 0. The number of hydrogen-bond acceptors (Lipinski definition) is 4. The number of benzene rings is 2. The molecule has 5 nitrogen and oxygen atoms in total. The summed E-state index contributed by atoms with van der Waals surface area (Å²) in [7, 11) is -1.76. The maximum Gasteiger partial charge on any atom is 0.213 e. The van der Waals surface area contributed by atoms with Gasteiger partial charge in [-0.2, -0.15) is 0 Å². The van der Waals surface area contributed by atoms with Crippen LogP contribution in [0.3, 0.4) is 0 Å². The highest BCUT2D eigenvalue weighted by molar-refractivity contribution is 7.89. The van der Waals surface area contributed by atoms with Crippen molar-refractivity contribution in [2.75, 3.05) is 12.9 Å². The smallest absolute Gasteiger partial charge is 0.213 e. The zero-order valence-corrected chi connectivity index (χ0v) is 13.8. The van der Waals surface area contributed by atoms with Crippen LogP contribution in [0.4, 0.5) is 0 Å². The van der Waals surface area contributed by atoms with Gasteiger partial charge in [0.05, 0.1) is 12.9 Å². The Morgan fingerprint density at radius 2 is 1.91 bits per heavy atom.